The van der Waals surface area contributed by atoms with Gasteiger partial charge in [0.25, 0.3) is 5.91 Å². The number of hydrogen-bond acceptors (Lipinski definition) is 6. The lowest BCUT2D eigenvalue weighted by Gasteiger charge is -2.19. The monoisotopic (exact) mass is 284 g/mol. The number of ether oxygens (including phenoxy) is 1. The molecule has 0 aliphatic heterocycles. The van der Waals surface area contributed by atoms with Crippen molar-refractivity contribution >= 4 is 18.0 Å². The van der Waals surface area contributed by atoms with Crippen molar-refractivity contribution in [3.63, 3.8) is 0 Å². The zero-order valence-corrected chi connectivity index (χ0v) is 11.6. The van der Waals surface area contributed by atoms with E-state index in [9.17, 15) is 14.4 Å². The van der Waals surface area contributed by atoms with E-state index in [-0.39, 0.29) is 12.2 Å². The van der Waals surface area contributed by atoms with Crippen molar-refractivity contribution in [1.29, 1.82) is 0 Å². The molecule has 0 saturated heterocycles. The smallest absolute Gasteiger partial charge is 0.413 e. The zero-order valence-electron chi connectivity index (χ0n) is 11.6. The number of imide groups is 1. The number of carbonyl (C=O) groups is 3. The van der Waals surface area contributed by atoms with Crippen molar-refractivity contribution in [2.75, 3.05) is 7.11 Å². The van der Waals surface area contributed by atoms with Crippen molar-refractivity contribution in [2.45, 2.75) is 32.7 Å². The van der Waals surface area contributed by atoms with Crippen molar-refractivity contribution in [1.82, 2.24) is 20.3 Å². The summed E-state index contributed by atoms with van der Waals surface area (Å²) in [6.07, 6.45) is -0.897. The van der Waals surface area contributed by atoms with Gasteiger partial charge in [-0.25, -0.2) is 14.3 Å². The fourth-order valence-electron chi connectivity index (χ4n) is 1.65. The maximum Gasteiger partial charge on any atom is 0.413 e. The van der Waals surface area contributed by atoms with E-state index in [0.29, 0.717) is 5.69 Å². The van der Waals surface area contributed by atoms with Gasteiger partial charge >= 0.3 is 12.1 Å². The Hall–Kier alpha value is -2.45. The highest BCUT2D eigenvalue weighted by molar-refractivity contribution is 5.91. The Morgan fingerprint density at radius 2 is 1.95 bits per heavy atom. The van der Waals surface area contributed by atoms with E-state index in [4.69, 9.17) is 5.11 Å². The summed E-state index contributed by atoms with van der Waals surface area (Å²) in [6, 6.07) is 0. The first-order chi connectivity index (χ1) is 9.16. The molecule has 9 heteroatoms. The summed E-state index contributed by atoms with van der Waals surface area (Å²) in [7, 11) is 1.13. The van der Waals surface area contributed by atoms with Crippen LogP contribution in [0, 0.1) is 0 Å². The molecule has 0 atom stereocenters. The minimum absolute atomic E-state index is 0.219. The standard InChI is InChI=1S/C11H16N4O5/c1-11(2,3)8-7(9(17)18)13-14-15(8)5-6(16)12-10(19)20-4/h5H2,1-4H3,(H,17,18)(H,12,16,19). The summed E-state index contributed by atoms with van der Waals surface area (Å²) in [5.74, 6) is -1.90. The predicted octanol–water partition coefficient (Wildman–Crippen LogP) is 0.156. The highest BCUT2D eigenvalue weighted by Crippen LogP contribution is 2.24. The number of methoxy groups -OCH3 is 1. The van der Waals surface area contributed by atoms with E-state index < -0.39 is 23.4 Å². The molecule has 0 aromatic carbocycles. The number of carboxylic acids is 1. The predicted molar refractivity (Wildman–Crippen MR) is 66.2 cm³/mol. The molecule has 0 spiro atoms. The molecule has 1 aromatic heterocycles. The van der Waals surface area contributed by atoms with Crippen LogP contribution in [0.15, 0.2) is 0 Å². The summed E-state index contributed by atoms with van der Waals surface area (Å²) in [4.78, 5) is 33.6. The Balaban J connectivity index is 3.05. The van der Waals surface area contributed by atoms with Crippen molar-refractivity contribution in [3.05, 3.63) is 11.4 Å². The van der Waals surface area contributed by atoms with Crippen molar-refractivity contribution < 1.29 is 24.2 Å². The van der Waals surface area contributed by atoms with Gasteiger partial charge in [-0.3, -0.25) is 10.1 Å². The summed E-state index contributed by atoms with van der Waals surface area (Å²) in [5.41, 5.74) is -0.503. The molecular weight excluding hydrogens is 268 g/mol. The van der Waals surface area contributed by atoms with E-state index in [1.165, 1.54) is 0 Å². The Morgan fingerprint density at radius 1 is 1.35 bits per heavy atom. The first-order valence-corrected chi connectivity index (χ1v) is 5.72. The van der Waals surface area contributed by atoms with Crippen LogP contribution < -0.4 is 5.32 Å². The number of amides is 2. The lowest BCUT2D eigenvalue weighted by molar-refractivity contribution is -0.121. The zero-order chi connectivity index (χ0) is 15.5. The number of alkyl carbamates (subject to hydrolysis) is 1. The van der Waals surface area contributed by atoms with Crippen LogP contribution in [0.5, 0.6) is 0 Å². The van der Waals surface area contributed by atoms with Gasteiger partial charge in [-0.05, 0) is 0 Å². The fourth-order valence-corrected chi connectivity index (χ4v) is 1.65. The molecule has 0 radical (unpaired) electrons. The second kappa shape index (κ2) is 5.68. The van der Waals surface area contributed by atoms with E-state index in [0.717, 1.165) is 11.8 Å². The number of carbonyl (C=O) groups excluding carboxylic acids is 2. The van der Waals surface area contributed by atoms with E-state index in [1.54, 1.807) is 20.8 Å². The summed E-state index contributed by atoms with van der Waals surface area (Å²) >= 11 is 0. The number of hydrogen-bond donors (Lipinski definition) is 2. The quantitative estimate of drug-likeness (QED) is 0.810. The molecule has 0 aliphatic carbocycles. The largest absolute Gasteiger partial charge is 0.476 e. The molecule has 0 aliphatic rings. The van der Waals surface area contributed by atoms with Crippen LogP contribution in [-0.4, -0.2) is 45.2 Å². The third-order valence-electron chi connectivity index (χ3n) is 2.37. The van der Waals surface area contributed by atoms with E-state index in [1.807, 2.05) is 5.32 Å². The lowest BCUT2D eigenvalue weighted by atomic mass is 9.90. The van der Waals surface area contributed by atoms with Gasteiger partial charge in [0, 0.05) is 5.41 Å². The van der Waals surface area contributed by atoms with Gasteiger partial charge in [-0.2, -0.15) is 0 Å². The highest BCUT2D eigenvalue weighted by Gasteiger charge is 2.29. The number of nitrogens with zero attached hydrogens (tertiary/aromatic N) is 3. The van der Waals surface area contributed by atoms with E-state index in [2.05, 4.69) is 15.0 Å². The van der Waals surface area contributed by atoms with Crippen LogP contribution in [0.3, 0.4) is 0 Å². The third-order valence-corrected chi connectivity index (χ3v) is 2.37. The molecule has 0 unspecified atom stereocenters. The van der Waals surface area contributed by atoms with E-state index >= 15 is 0 Å². The summed E-state index contributed by atoms with van der Waals surface area (Å²) in [5, 5.41) is 18.2. The van der Waals surface area contributed by atoms with Gasteiger partial charge < -0.3 is 9.84 Å². The van der Waals surface area contributed by atoms with Crippen molar-refractivity contribution in [2.24, 2.45) is 0 Å². The molecule has 0 fully saturated rings. The SMILES string of the molecule is COC(=O)NC(=O)Cn1nnc(C(=O)O)c1C(C)(C)C. The van der Waals surface area contributed by atoms with Gasteiger partial charge in [0.05, 0.1) is 12.8 Å². The Kier molecular flexibility index (Phi) is 4.43. The molecule has 20 heavy (non-hydrogen) atoms. The molecule has 0 bridgehead atoms. The third kappa shape index (κ3) is 3.53. The van der Waals surface area contributed by atoms with Crippen LogP contribution >= 0.6 is 0 Å². The van der Waals surface area contributed by atoms with Crippen LogP contribution in [0.4, 0.5) is 4.79 Å². The summed E-state index contributed by atoms with van der Waals surface area (Å²) < 4.78 is 5.44. The van der Waals surface area contributed by atoms with Crippen molar-refractivity contribution in [3.8, 4) is 0 Å². The number of rotatable bonds is 3. The normalized spacial score (nSPS) is 11.0. The Morgan fingerprint density at radius 3 is 2.40 bits per heavy atom. The number of carboxylic acid groups (broad SMARTS) is 1. The molecule has 1 heterocycles. The first-order valence-electron chi connectivity index (χ1n) is 5.72. The number of nitrogens with one attached hydrogen (secondary N) is 1. The summed E-state index contributed by atoms with van der Waals surface area (Å²) in [6.45, 7) is 4.98. The molecule has 2 amide bonds. The van der Waals surface area contributed by atoms with Gasteiger partial charge in [0.15, 0.2) is 5.69 Å². The second-order valence-corrected chi connectivity index (χ2v) is 5.04. The first kappa shape index (κ1) is 15.6. The topological polar surface area (TPSA) is 123 Å². The highest BCUT2D eigenvalue weighted by atomic mass is 16.5. The van der Waals surface area contributed by atoms with Gasteiger partial charge in [0.2, 0.25) is 0 Å². The van der Waals surface area contributed by atoms with Gasteiger partial charge in [-0.1, -0.05) is 26.0 Å². The van der Waals surface area contributed by atoms with Gasteiger partial charge in [-0.15, -0.1) is 5.10 Å². The number of aromatic carboxylic acids is 1. The number of aromatic nitrogens is 3. The minimum Gasteiger partial charge on any atom is -0.476 e. The average Bonchev–Trinajstić information content (AvgIpc) is 2.72. The molecule has 2 N–H and O–H groups in total. The van der Waals surface area contributed by atoms with Crippen LogP contribution in [0.2, 0.25) is 0 Å². The van der Waals surface area contributed by atoms with Crippen LogP contribution in [0.25, 0.3) is 0 Å². The molecular formula is C11H16N4O5. The Bertz CT molecular complexity index is 543. The maximum atomic E-state index is 11.6. The molecule has 0 saturated carbocycles. The van der Waals surface area contributed by atoms with Crippen LogP contribution in [-0.2, 0) is 21.5 Å². The fraction of sp³-hybridized carbons (Fsp3) is 0.545. The molecule has 1 aromatic rings. The second-order valence-electron chi connectivity index (χ2n) is 5.04. The molecule has 110 valence electrons. The Labute approximate surface area is 114 Å². The van der Waals surface area contributed by atoms with Gasteiger partial charge in [0.1, 0.15) is 6.54 Å². The lowest BCUT2D eigenvalue weighted by Crippen LogP contribution is -2.35. The minimum atomic E-state index is -1.23. The average molecular weight is 284 g/mol. The van der Waals surface area contributed by atoms with Crippen LogP contribution in [0.1, 0.15) is 37.0 Å². The molecule has 1 rings (SSSR count). The maximum absolute atomic E-state index is 11.6. The molecule has 9 nitrogen and oxygen atoms in total.